The van der Waals surface area contributed by atoms with E-state index >= 15 is 0 Å². The van der Waals surface area contributed by atoms with Crippen molar-refractivity contribution >= 4 is 44.6 Å². The van der Waals surface area contributed by atoms with Crippen molar-refractivity contribution in [2.75, 3.05) is 24.3 Å². The number of anilines is 2. The molecular weight excluding hydrogens is 507 g/mol. The number of rotatable bonds is 6. The second-order valence-corrected chi connectivity index (χ2v) is 11.1. The summed E-state index contributed by atoms with van der Waals surface area (Å²) < 4.78 is 39.8. The number of nitrogens with one attached hydrogen (secondary N) is 2. The van der Waals surface area contributed by atoms with E-state index in [9.17, 15) is 8.42 Å². The number of halogens is 2. The van der Waals surface area contributed by atoms with E-state index in [-0.39, 0.29) is 22.8 Å². The van der Waals surface area contributed by atoms with E-state index in [1.54, 1.807) is 30.3 Å². The first kappa shape index (κ1) is 23.9. The zero-order chi connectivity index (χ0) is 24.7. The Kier molecular flexibility index (Phi) is 6.34. The Morgan fingerprint density at radius 2 is 1.80 bits per heavy atom. The number of ether oxygens (including phenoxy) is 2. The Labute approximate surface area is 214 Å². The summed E-state index contributed by atoms with van der Waals surface area (Å²) in [5, 5.41) is 4.63. The van der Waals surface area contributed by atoms with Crippen LogP contribution in [0.3, 0.4) is 0 Å². The van der Waals surface area contributed by atoms with Crippen molar-refractivity contribution in [3.05, 3.63) is 87.9 Å². The largest absolute Gasteiger partial charge is 0.497 e. The maximum absolute atomic E-state index is 13.3. The molecule has 0 saturated heterocycles. The van der Waals surface area contributed by atoms with Gasteiger partial charge in [0.2, 0.25) is 0 Å². The van der Waals surface area contributed by atoms with Gasteiger partial charge in [0.05, 0.1) is 40.9 Å². The first-order chi connectivity index (χ1) is 16.8. The molecule has 182 valence electrons. The number of hydrogen-bond acceptors (Lipinski definition) is 5. The minimum Gasteiger partial charge on any atom is -0.497 e. The summed E-state index contributed by atoms with van der Waals surface area (Å²) in [6, 6.07) is 15.8. The average Bonchev–Trinajstić information content (AvgIpc) is 3.35. The molecule has 0 bridgehead atoms. The minimum atomic E-state index is -3.86. The molecule has 35 heavy (non-hydrogen) atoms. The maximum atomic E-state index is 13.3. The van der Waals surface area contributed by atoms with Crippen LogP contribution in [0.2, 0.25) is 10.0 Å². The number of hydrogen-bond donors (Lipinski definition) is 2. The number of sulfonamides is 1. The topological polar surface area (TPSA) is 76.7 Å². The van der Waals surface area contributed by atoms with Crippen LogP contribution in [-0.2, 0) is 10.0 Å². The summed E-state index contributed by atoms with van der Waals surface area (Å²) in [4.78, 5) is 0.183. The Morgan fingerprint density at radius 1 is 0.971 bits per heavy atom. The second kappa shape index (κ2) is 9.30. The highest BCUT2D eigenvalue weighted by atomic mass is 35.5. The van der Waals surface area contributed by atoms with Gasteiger partial charge < -0.3 is 14.8 Å². The number of fused-ring (bicyclic) bond motifs is 3. The normalized spacial score (nSPS) is 20.5. The highest BCUT2D eigenvalue weighted by molar-refractivity contribution is 7.92. The van der Waals surface area contributed by atoms with Crippen LogP contribution in [0.4, 0.5) is 11.4 Å². The first-order valence-electron chi connectivity index (χ1n) is 11.1. The SMILES string of the molecule is COc1ccc(NS(=O)(=O)c2ccc3c(c2)[C@H]2C=CC[C@H]2[C@@H](c2ccc(Cl)c(Cl)c2)N3)c(OC)c1. The molecule has 2 N–H and O–H groups in total. The maximum Gasteiger partial charge on any atom is 0.262 e. The molecule has 0 aromatic heterocycles. The van der Waals surface area contributed by atoms with Crippen LogP contribution in [0.1, 0.15) is 29.5 Å². The van der Waals surface area contributed by atoms with Crippen LogP contribution in [-0.4, -0.2) is 22.6 Å². The Morgan fingerprint density at radius 3 is 2.54 bits per heavy atom. The fraction of sp³-hybridized carbons (Fsp3) is 0.231. The average molecular weight is 531 g/mol. The van der Waals surface area contributed by atoms with Crippen molar-refractivity contribution in [2.45, 2.75) is 23.3 Å². The first-order valence-corrected chi connectivity index (χ1v) is 13.3. The lowest BCUT2D eigenvalue weighted by atomic mass is 9.77. The minimum absolute atomic E-state index is 0.0291. The van der Waals surface area contributed by atoms with Crippen LogP contribution >= 0.6 is 23.2 Å². The van der Waals surface area contributed by atoms with Gasteiger partial charge in [-0.05, 0) is 65.9 Å². The predicted molar refractivity (Wildman–Crippen MR) is 140 cm³/mol. The van der Waals surface area contributed by atoms with E-state index in [0.29, 0.717) is 27.2 Å². The number of allylic oxidation sites excluding steroid dienone is 2. The van der Waals surface area contributed by atoms with Crippen molar-refractivity contribution in [1.82, 2.24) is 0 Å². The predicted octanol–water partition coefficient (Wildman–Crippen LogP) is 6.64. The summed E-state index contributed by atoms with van der Waals surface area (Å²) in [6.45, 7) is 0. The van der Waals surface area contributed by atoms with Crippen LogP contribution in [0, 0.1) is 5.92 Å². The molecule has 9 heteroatoms. The van der Waals surface area contributed by atoms with E-state index in [1.807, 2.05) is 24.3 Å². The third-order valence-electron chi connectivity index (χ3n) is 6.60. The Balaban J connectivity index is 1.48. The molecule has 0 fully saturated rings. The monoisotopic (exact) mass is 530 g/mol. The van der Waals surface area contributed by atoms with E-state index in [4.69, 9.17) is 32.7 Å². The summed E-state index contributed by atoms with van der Waals surface area (Å²) in [5.41, 5.74) is 3.23. The smallest absolute Gasteiger partial charge is 0.262 e. The second-order valence-electron chi connectivity index (χ2n) is 8.57. The molecular formula is C26H24Cl2N2O4S. The van der Waals surface area contributed by atoms with Gasteiger partial charge in [0, 0.05) is 17.7 Å². The van der Waals surface area contributed by atoms with Crippen LogP contribution < -0.4 is 19.5 Å². The standard InChI is InChI=1S/C26H24Cl2N2O4S/c1-33-16-7-10-24(25(13-16)34-2)30-35(31,32)17-8-11-23-20(14-17)18-4-3-5-19(18)26(29-23)15-6-9-21(27)22(28)12-15/h3-4,6-14,18-19,26,29-30H,5H2,1-2H3/t18-,19+,26+/m0/s1. The van der Waals surface area contributed by atoms with Gasteiger partial charge in [0.15, 0.2) is 0 Å². The molecule has 0 saturated carbocycles. The number of benzene rings is 3. The molecule has 2 aliphatic rings. The van der Waals surface area contributed by atoms with Gasteiger partial charge in [-0.3, -0.25) is 4.72 Å². The summed E-state index contributed by atoms with van der Waals surface area (Å²) >= 11 is 12.4. The van der Waals surface area contributed by atoms with E-state index < -0.39 is 10.0 Å². The van der Waals surface area contributed by atoms with Crippen LogP contribution in [0.5, 0.6) is 11.5 Å². The zero-order valence-electron chi connectivity index (χ0n) is 19.1. The quantitative estimate of drug-likeness (QED) is 0.349. The summed E-state index contributed by atoms with van der Waals surface area (Å²) in [7, 11) is -0.840. The number of methoxy groups -OCH3 is 2. The van der Waals surface area contributed by atoms with Gasteiger partial charge in [-0.15, -0.1) is 0 Å². The fourth-order valence-electron chi connectivity index (χ4n) is 4.86. The fourth-order valence-corrected chi connectivity index (χ4v) is 6.27. The van der Waals surface area contributed by atoms with Crippen molar-refractivity contribution < 1.29 is 17.9 Å². The molecule has 1 aliphatic heterocycles. The third kappa shape index (κ3) is 4.44. The van der Waals surface area contributed by atoms with E-state index in [0.717, 1.165) is 23.2 Å². The third-order valence-corrected chi connectivity index (χ3v) is 8.70. The molecule has 0 radical (unpaired) electrons. The molecule has 0 spiro atoms. The molecule has 3 atom stereocenters. The summed E-state index contributed by atoms with van der Waals surface area (Å²) in [5.74, 6) is 1.25. The van der Waals surface area contributed by atoms with Gasteiger partial charge >= 0.3 is 0 Å². The molecule has 3 aromatic rings. The van der Waals surface area contributed by atoms with Gasteiger partial charge in [-0.2, -0.15) is 0 Å². The molecule has 5 rings (SSSR count). The molecule has 3 aromatic carbocycles. The lowest BCUT2D eigenvalue weighted by Crippen LogP contribution is -2.29. The van der Waals surface area contributed by atoms with Gasteiger partial charge in [-0.25, -0.2) is 8.42 Å². The van der Waals surface area contributed by atoms with Crippen molar-refractivity contribution in [3.63, 3.8) is 0 Å². The van der Waals surface area contributed by atoms with E-state index in [1.165, 1.54) is 14.2 Å². The highest BCUT2D eigenvalue weighted by Crippen LogP contribution is 2.50. The van der Waals surface area contributed by atoms with Crippen LogP contribution in [0.15, 0.2) is 71.6 Å². The van der Waals surface area contributed by atoms with Crippen molar-refractivity contribution in [1.29, 1.82) is 0 Å². The molecule has 1 heterocycles. The molecule has 0 amide bonds. The van der Waals surface area contributed by atoms with Gasteiger partial charge in [0.1, 0.15) is 11.5 Å². The molecule has 6 nitrogen and oxygen atoms in total. The van der Waals surface area contributed by atoms with Crippen LogP contribution in [0.25, 0.3) is 0 Å². The molecule has 1 aliphatic carbocycles. The lowest BCUT2D eigenvalue weighted by Gasteiger charge is -2.37. The molecule has 0 unspecified atom stereocenters. The van der Waals surface area contributed by atoms with Crippen molar-refractivity contribution in [2.24, 2.45) is 5.92 Å². The highest BCUT2D eigenvalue weighted by Gasteiger charge is 2.38. The Bertz CT molecular complexity index is 1420. The van der Waals surface area contributed by atoms with Gasteiger partial charge in [0.25, 0.3) is 10.0 Å². The lowest BCUT2D eigenvalue weighted by molar-refractivity contribution is 0.395. The Hall–Kier alpha value is -2.87. The van der Waals surface area contributed by atoms with Gasteiger partial charge in [-0.1, -0.05) is 41.4 Å². The summed E-state index contributed by atoms with van der Waals surface area (Å²) in [6.07, 6.45) is 5.18. The van der Waals surface area contributed by atoms with E-state index in [2.05, 4.69) is 22.2 Å². The zero-order valence-corrected chi connectivity index (χ0v) is 21.4. The van der Waals surface area contributed by atoms with Crippen molar-refractivity contribution in [3.8, 4) is 11.5 Å².